The molecule has 174 valence electrons. The number of esters is 1. The lowest BCUT2D eigenvalue weighted by atomic mass is 9.88. The van der Waals surface area contributed by atoms with Gasteiger partial charge >= 0.3 is 5.97 Å². The first-order valence-electron chi connectivity index (χ1n) is 11.1. The highest BCUT2D eigenvalue weighted by atomic mass is 32.2. The first-order valence-corrected chi connectivity index (χ1v) is 13.8. The predicted molar refractivity (Wildman–Crippen MR) is 133 cm³/mol. The van der Waals surface area contributed by atoms with Gasteiger partial charge in [0, 0.05) is 27.7 Å². The SMILES string of the molecule is COC(=O)c1c(NC(=O)CSc2nnc(-c3csc4c3CCC(C)C4)n2C)sc2c1CCC2. The monoisotopic (exact) mass is 502 g/mol. The van der Waals surface area contributed by atoms with Gasteiger partial charge in [0.25, 0.3) is 0 Å². The number of thiophene rings is 2. The molecule has 1 unspecified atom stereocenters. The van der Waals surface area contributed by atoms with Crippen LogP contribution < -0.4 is 5.32 Å². The van der Waals surface area contributed by atoms with E-state index in [9.17, 15) is 9.59 Å². The van der Waals surface area contributed by atoms with Crippen LogP contribution in [0.1, 0.15) is 51.0 Å². The van der Waals surface area contributed by atoms with Crippen LogP contribution in [0.25, 0.3) is 11.4 Å². The molecule has 10 heteroatoms. The Hall–Kier alpha value is -2.17. The van der Waals surface area contributed by atoms with E-state index in [0.29, 0.717) is 15.7 Å². The van der Waals surface area contributed by atoms with E-state index in [1.807, 2.05) is 23.0 Å². The minimum absolute atomic E-state index is 0.170. The molecule has 1 atom stereocenters. The molecule has 0 radical (unpaired) electrons. The van der Waals surface area contributed by atoms with Gasteiger partial charge in [0.05, 0.1) is 18.4 Å². The Labute approximate surface area is 204 Å². The molecule has 7 nitrogen and oxygen atoms in total. The number of anilines is 1. The molecule has 0 aromatic carbocycles. The van der Waals surface area contributed by atoms with Crippen molar-refractivity contribution in [2.24, 2.45) is 13.0 Å². The van der Waals surface area contributed by atoms with Crippen molar-refractivity contribution in [1.29, 1.82) is 0 Å². The maximum Gasteiger partial charge on any atom is 0.341 e. The summed E-state index contributed by atoms with van der Waals surface area (Å²) >= 11 is 4.65. The summed E-state index contributed by atoms with van der Waals surface area (Å²) in [4.78, 5) is 27.6. The first-order chi connectivity index (χ1) is 16.0. The zero-order valence-electron chi connectivity index (χ0n) is 18.9. The summed E-state index contributed by atoms with van der Waals surface area (Å²) in [5, 5.41) is 15.2. The number of rotatable bonds is 6. The van der Waals surface area contributed by atoms with E-state index in [0.717, 1.165) is 49.4 Å². The lowest BCUT2D eigenvalue weighted by molar-refractivity contribution is -0.113. The fourth-order valence-electron chi connectivity index (χ4n) is 4.64. The number of hydrogen-bond acceptors (Lipinski definition) is 8. The van der Waals surface area contributed by atoms with E-state index < -0.39 is 0 Å². The molecule has 2 aliphatic rings. The van der Waals surface area contributed by atoms with Crippen molar-refractivity contribution in [3.05, 3.63) is 31.8 Å². The van der Waals surface area contributed by atoms with E-state index in [4.69, 9.17) is 4.74 Å². The van der Waals surface area contributed by atoms with Crippen LogP contribution in [0.3, 0.4) is 0 Å². The second-order valence-corrected chi connectivity index (χ2v) is 11.7. The number of carbonyl (C=O) groups is 2. The molecule has 2 aliphatic carbocycles. The van der Waals surface area contributed by atoms with Crippen LogP contribution in [0.4, 0.5) is 5.00 Å². The normalized spacial score (nSPS) is 17.0. The molecular weight excluding hydrogens is 476 g/mol. The Morgan fingerprint density at radius 2 is 2.09 bits per heavy atom. The Morgan fingerprint density at radius 3 is 2.91 bits per heavy atom. The topological polar surface area (TPSA) is 86.1 Å². The fourth-order valence-corrected chi connectivity index (χ4v) is 7.89. The molecule has 33 heavy (non-hydrogen) atoms. The number of ether oxygens (including phenoxy) is 1. The van der Waals surface area contributed by atoms with Gasteiger partial charge in [-0.05, 0) is 55.6 Å². The van der Waals surface area contributed by atoms with Gasteiger partial charge in [-0.25, -0.2) is 4.79 Å². The van der Waals surface area contributed by atoms with E-state index in [1.54, 1.807) is 0 Å². The third-order valence-electron chi connectivity index (χ3n) is 6.37. The number of aryl methyl sites for hydroxylation is 1. The van der Waals surface area contributed by atoms with Gasteiger partial charge in [-0.3, -0.25) is 4.79 Å². The Morgan fingerprint density at radius 1 is 1.24 bits per heavy atom. The van der Waals surface area contributed by atoms with Gasteiger partial charge in [0.2, 0.25) is 5.91 Å². The molecule has 0 aliphatic heterocycles. The van der Waals surface area contributed by atoms with Crippen molar-refractivity contribution in [2.75, 3.05) is 18.2 Å². The molecular formula is C23H26N4O3S3. The lowest BCUT2D eigenvalue weighted by Gasteiger charge is -2.18. The average molecular weight is 503 g/mol. The summed E-state index contributed by atoms with van der Waals surface area (Å²) < 4.78 is 6.93. The highest BCUT2D eigenvalue weighted by Crippen LogP contribution is 2.40. The number of thioether (sulfide) groups is 1. The largest absolute Gasteiger partial charge is 0.465 e. The molecule has 0 bridgehead atoms. The van der Waals surface area contributed by atoms with Crippen LogP contribution in [0, 0.1) is 5.92 Å². The molecule has 3 aromatic rings. The van der Waals surface area contributed by atoms with Crippen LogP contribution in [0.5, 0.6) is 0 Å². The Balaban J connectivity index is 1.28. The van der Waals surface area contributed by atoms with E-state index in [2.05, 4.69) is 27.8 Å². The van der Waals surface area contributed by atoms with Gasteiger partial charge in [-0.15, -0.1) is 32.9 Å². The number of fused-ring (bicyclic) bond motifs is 2. The summed E-state index contributed by atoms with van der Waals surface area (Å²) in [6.45, 7) is 2.31. The Kier molecular flexibility index (Phi) is 6.32. The lowest BCUT2D eigenvalue weighted by Crippen LogP contribution is -2.16. The summed E-state index contributed by atoms with van der Waals surface area (Å²) in [6, 6.07) is 0. The van der Waals surface area contributed by atoms with Crippen molar-refractivity contribution in [3.8, 4) is 11.4 Å². The standard InChI is InChI=1S/C23H26N4O3S3/c1-12-7-8-13-15(10-31-17(13)9-12)20-25-26-23(27(20)2)32-11-18(28)24-21-19(22(29)30-3)14-5-4-6-16(14)33-21/h10,12H,4-9,11H2,1-3H3,(H,24,28). The van der Waals surface area contributed by atoms with Crippen molar-refractivity contribution < 1.29 is 14.3 Å². The van der Waals surface area contributed by atoms with Crippen molar-refractivity contribution in [2.45, 2.75) is 50.6 Å². The maximum atomic E-state index is 12.7. The van der Waals surface area contributed by atoms with Crippen LogP contribution in [-0.2, 0) is 42.3 Å². The minimum atomic E-state index is -0.385. The van der Waals surface area contributed by atoms with Crippen molar-refractivity contribution in [3.63, 3.8) is 0 Å². The summed E-state index contributed by atoms with van der Waals surface area (Å²) in [6.07, 6.45) is 6.27. The molecule has 1 amide bonds. The van der Waals surface area contributed by atoms with Gasteiger partial charge in [0.15, 0.2) is 11.0 Å². The smallest absolute Gasteiger partial charge is 0.341 e. The van der Waals surface area contributed by atoms with Gasteiger partial charge < -0.3 is 14.6 Å². The number of aromatic nitrogens is 3. The molecule has 0 spiro atoms. The number of nitrogens with zero attached hydrogens (tertiary/aromatic N) is 3. The Bertz CT molecular complexity index is 1230. The number of methoxy groups -OCH3 is 1. The molecule has 3 aromatic heterocycles. The molecule has 5 rings (SSSR count). The number of carbonyl (C=O) groups excluding carboxylic acids is 2. The van der Waals surface area contributed by atoms with Crippen molar-refractivity contribution >= 4 is 51.3 Å². The molecule has 3 heterocycles. The van der Waals surface area contributed by atoms with E-state index in [-0.39, 0.29) is 17.6 Å². The van der Waals surface area contributed by atoms with E-state index in [1.165, 1.54) is 57.5 Å². The number of hydrogen-bond donors (Lipinski definition) is 1. The van der Waals surface area contributed by atoms with Gasteiger partial charge in [-0.1, -0.05) is 18.7 Å². The molecule has 0 saturated heterocycles. The first kappa shape index (κ1) is 22.6. The minimum Gasteiger partial charge on any atom is -0.465 e. The molecule has 0 saturated carbocycles. The third-order valence-corrected chi connectivity index (χ3v) is 9.65. The van der Waals surface area contributed by atoms with Crippen LogP contribution in [-0.4, -0.2) is 39.5 Å². The third kappa shape index (κ3) is 4.24. The molecule has 1 N–H and O–H groups in total. The number of nitrogens with one attached hydrogen (secondary N) is 1. The molecule has 0 fully saturated rings. The van der Waals surface area contributed by atoms with Crippen LogP contribution in [0.2, 0.25) is 0 Å². The summed E-state index contributed by atoms with van der Waals surface area (Å²) in [5.41, 5.74) is 4.13. The fraction of sp³-hybridized carbons (Fsp3) is 0.478. The van der Waals surface area contributed by atoms with Gasteiger partial charge in [0.1, 0.15) is 5.00 Å². The highest BCUT2D eigenvalue weighted by Gasteiger charge is 2.28. The zero-order chi connectivity index (χ0) is 23.1. The van der Waals surface area contributed by atoms with Crippen LogP contribution >= 0.6 is 34.4 Å². The number of amides is 1. The summed E-state index contributed by atoms with van der Waals surface area (Å²) in [7, 11) is 3.32. The predicted octanol–water partition coefficient (Wildman–Crippen LogP) is 4.74. The van der Waals surface area contributed by atoms with E-state index >= 15 is 0 Å². The zero-order valence-corrected chi connectivity index (χ0v) is 21.3. The quantitative estimate of drug-likeness (QED) is 0.387. The van der Waals surface area contributed by atoms with Crippen molar-refractivity contribution in [1.82, 2.24) is 14.8 Å². The average Bonchev–Trinajstić information content (AvgIpc) is 3.55. The second-order valence-electron chi connectivity index (χ2n) is 8.65. The second kappa shape index (κ2) is 9.23. The highest BCUT2D eigenvalue weighted by molar-refractivity contribution is 7.99. The van der Waals surface area contributed by atoms with Gasteiger partial charge in [-0.2, -0.15) is 0 Å². The summed E-state index contributed by atoms with van der Waals surface area (Å²) in [5.74, 6) is 1.22. The maximum absolute atomic E-state index is 12.7. The van der Waals surface area contributed by atoms with Crippen LogP contribution in [0.15, 0.2) is 10.5 Å².